The SMILES string of the molecule is CC(C)(C)[C@H]1CCNC1.O=C(C1=CCC(C(=O)O)NN=C1)c1cc(OCC2CCOCC2)cc(C2CC2)c1. The Bertz CT molecular complexity index is 1030. The molecule has 5 rings (SSSR count). The Morgan fingerprint density at radius 1 is 1.11 bits per heavy atom. The van der Waals surface area contributed by atoms with Crippen LogP contribution in [0.4, 0.5) is 0 Å². The molecule has 0 radical (unpaired) electrons. The Hall–Kier alpha value is -2.71. The van der Waals surface area contributed by atoms with Crippen molar-refractivity contribution >= 4 is 18.0 Å². The zero-order valence-corrected chi connectivity index (χ0v) is 23.0. The first-order valence-electron chi connectivity index (χ1n) is 14.0. The Kier molecular flexibility index (Phi) is 9.60. The van der Waals surface area contributed by atoms with Gasteiger partial charge in [0.25, 0.3) is 0 Å². The number of rotatable bonds is 7. The summed E-state index contributed by atoms with van der Waals surface area (Å²) in [5.74, 6) is 1.42. The number of Topliss-reactive ketones (excluding diaryl/α,β-unsaturated/α-hetero) is 1. The zero-order valence-electron chi connectivity index (χ0n) is 23.0. The third kappa shape index (κ3) is 8.14. The van der Waals surface area contributed by atoms with Crippen molar-refractivity contribution in [3.05, 3.63) is 41.0 Å². The molecule has 3 heterocycles. The fourth-order valence-corrected chi connectivity index (χ4v) is 5.03. The van der Waals surface area contributed by atoms with E-state index in [9.17, 15) is 9.59 Å². The number of nitrogens with zero attached hydrogens (tertiary/aromatic N) is 1. The van der Waals surface area contributed by atoms with Crippen LogP contribution in [0.5, 0.6) is 5.75 Å². The van der Waals surface area contributed by atoms with Crippen molar-refractivity contribution in [2.45, 2.75) is 71.3 Å². The third-order valence-corrected chi connectivity index (χ3v) is 7.92. The van der Waals surface area contributed by atoms with Crippen LogP contribution in [0.2, 0.25) is 0 Å². The van der Waals surface area contributed by atoms with Gasteiger partial charge in [0.05, 0.1) is 12.8 Å². The highest BCUT2D eigenvalue weighted by molar-refractivity contribution is 6.21. The number of ether oxygens (including phenoxy) is 2. The van der Waals surface area contributed by atoms with Crippen molar-refractivity contribution in [2.24, 2.45) is 22.4 Å². The highest BCUT2D eigenvalue weighted by Crippen LogP contribution is 2.42. The van der Waals surface area contributed by atoms with Crippen molar-refractivity contribution in [3.8, 4) is 5.75 Å². The number of hydrogen-bond donors (Lipinski definition) is 3. The molecule has 1 aromatic carbocycles. The molecule has 208 valence electrons. The number of nitrogens with one attached hydrogen (secondary N) is 2. The van der Waals surface area contributed by atoms with Crippen LogP contribution in [0.3, 0.4) is 0 Å². The predicted octanol–water partition coefficient (Wildman–Crippen LogP) is 4.55. The molecule has 1 unspecified atom stereocenters. The summed E-state index contributed by atoms with van der Waals surface area (Å²) >= 11 is 0. The van der Waals surface area contributed by atoms with Crippen molar-refractivity contribution < 1.29 is 24.2 Å². The molecule has 3 N–H and O–H groups in total. The minimum Gasteiger partial charge on any atom is -0.493 e. The largest absolute Gasteiger partial charge is 0.493 e. The lowest BCUT2D eigenvalue weighted by molar-refractivity contribution is -0.139. The number of hydrogen-bond acceptors (Lipinski definition) is 7. The summed E-state index contributed by atoms with van der Waals surface area (Å²) in [5, 5.41) is 16.4. The van der Waals surface area contributed by atoms with Crippen LogP contribution < -0.4 is 15.5 Å². The Morgan fingerprint density at radius 3 is 2.47 bits per heavy atom. The van der Waals surface area contributed by atoms with Crippen molar-refractivity contribution in [1.29, 1.82) is 0 Å². The van der Waals surface area contributed by atoms with Crippen LogP contribution in [-0.2, 0) is 9.53 Å². The molecule has 4 aliphatic rings. The molecule has 0 amide bonds. The van der Waals surface area contributed by atoms with Gasteiger partial charge in [-0.05, 0) is 98.5 Å². The van der Waals surface area contributed by atoms with Crippen LogP contribution in [0.15, 0.2) is 34.9 Å². The van der Waals surface area contributed by atoms with Gasteiger partial charge in [-0.25, -0.2) is 4.79 Å². The van der Waals surface area contributed by atoms with Gasteiger partial charge in [-0.1, -0.05) is 26.8 Å². The molecule has 3 aliphatic heterocycles. The van der Waals surface area contributed by atoms with Crippen LogP contribution in [-0.4, -0.2) is 62.0 Å². The number of allylic oxidation sites excluding steroid dienone is 1. The van der Waals surface area contributed by atoms with E-state index in [1.807, 2.05) is 12.1 Å². The molecule has 2 atom stereocenters. The van der Waals surface area contributed by atoms with Gasteiger partial charge >= 0.3 is 5.97 Å². The Labute approximate surface area is 226 Å². The number of ketones is 1. The van der Waals surface area contributed by atoms with E-state index < -0.39 is 12.0 Å². The highest BCUT2D eigenvalue weighted by atomic mass is 16.5. The number of aliphatic carboxylic acids is 1. The van der Waals surface area contributed by atoms with E-state index in [0.717, 1.165) is 56.1 Å². The van der Waals surface area contributed by atoms with Crippen LogP contribution in [0.25, 0.3) is 0 Å². The lowest BCUT2D eigenvalue weighted by Crippen LogP contribution is -2.31. The molecule has 3 fully saturated rings. The topological polar surface area (TPSA) is 109 Å². The molecule has 8 heteroatoms. The van der Waals surface area contributed by atoms with E-state index in [1.165, 1.54) is 25.7 Å². The molecule has 1 saturated carbocycles. The fourth-order valence-electron chi connectivity index (χ4n) is 5.03. The molecule has 0 aromatic heterocycles. The molecule has 8 nitrogen and oxygen atoms in total. The summed E-state index contributed by atoms with van der Waals surface area (Å²) in [7, 11) is 0. The van der Waals surface area contributed by atoms with Gasteiger partial charge in [-0.2, -0.15) is 5.10 Å². The molecule has 1 aromatic rings. The number of carbonyl (C=O) groups is 2. The monoisotopic (exact) mass is 525 g/mol. The molecular weight excluding hydrogens is 482 g/mol. The summed E-state index contributed by atoms with van der Waals surface area (Å²) in [6.07, 6.45) is 8.85. The maximum Gasteiger partial charge on any atom is 0.328 e. The van der Waals surface area contributed by atoms with Gasteiger partial charge in [0, 0.05) is 24.4 Å². The quantitative estimate of drug-likeness (QED) is 0.448. The summed E-state index contributed by atoms with van der Waals surface area (Å²) in [6, 6.07) is 4.94. The maximum atomic E-state index is 13.1. The second kappa shape index (κ2) is 12.9. The third-order valence-electron chi connectivity index (χ3n) is 7.92. The summed E-state index contributed by atoms with van der Waals surface area (Å²) in [5.41, 5.74) is 5.15. The van der Waals surface area contributed by atoms with E-state index >= 15 is 0 Å². The number of carboxylic acid groups (broad SMARTS) is 1. The lowest BCUT2D eigenvalue weighted by Gasteiger charge is -2.25. The molecular formula is C30H43N3O5. The Morgan fingerprint density at radius 2 is 1.87 bits per heavy atom. The highest BCUT2D eigenvalue weighted by Gasteiger charge is 2.28. The van der Waals surface area contributed by atoms with Crippen molar-refractivity contribution in [2.75, 3.05) is 32.9 Å². The maximum absolute atomic E-state index is 13.1. The van der Waals surface area contributed by atoms with Gasteiger partial charge in [-0.15, -0.1) is 0 Å². The summed E-state index contributed by atoms with van der Waals surface area (Å²) in [6.45, 7) is 11.6. The molecule has 0 bridgehead atoms. The first-order chi connectivity index (χ1) is 18.2. The van der Waals surface area contributed by atoms with Crippen LogP contribution >= 0.6 is 0 Å². The second-order valence-corrected chi connectivity index (χ2v) is 12.0. The van der Waals surface area contributed by atoms with E-state index in [0.29, 0.717) is 35.0 Å². The fraction of sp³-hybridized carbons (Fsp3) is 0.633. The normalized spacial score (nSPS) is 23.9. The number of carboxylic acids is 1. The number of hydrazone groups is 1. The smallest absolute Gasteiger partial charge is 0.328 e. The first kappa shape index (κ1) is 28.3. The van der Waals surface area contributed by atoms with Crippen molar-refractivity contribution in [1.82, 2.24) is 10.7 Å². The van der Waals surface area contributed by atoms with Gasteiger partial charge in [0.15, 0.2) is 5.78 Å². The Balaban J connectivity index is 0.000000317. The minimum absolute atomic E-state index is 0.167. The predicted molar refractivity (Wildman–Crippen MR) is 148 cm³/mol. The van der Waals surface area contributed by atoms with Gasteiger partial charge in [0.1, 0.15) is 11.8 Å². The van der Waals surface area contributed by atoms with Crippen LogP contribution in [0, 0.1) is 17.3 Å². The average Bonchev–Trinajstić information content (AvgIpc) is 3.66. The number of carbonyl (C=O) groups excluding carboxylic acids is 1. The van der Waals surface area contributed by atoms with E-state index in [2.05, 4.69) is 36.6 Å². The number of benzene rings is 1. The molecule has 2 saturated heterocycles. The molecule has 0 spiro atoms. The average molecular weight is 526 g/mol. The van der Waals surface area contributed by atoms with Gasteiger partial charge < -0.3 is 19.9 Å². The van der Waals surface area contributed by atoms with Crippen LogP contribution in [0.1, 0.15) is 81.1 Å². The van der Waals surface area contributed by atoms with Gasteiger partial charge in [-0.3, -0.25) is 10.2 Å². The first-order valence-corrected chi connectivity index (χ1v) is 14.0. The minimum atomic E-state index is -0.994. The van der Waals surface area contributed by atoms with Crippen molar-refractivity contribution in [3.63, 3.8) is 0 Å². The standard InChI is InChI=1S/C22H26N2O5.C8H17N/c25-21(16-3-4-20(22(26)27)24-23-12-16)18-9-17(15-1-2-15)10-19(11-18)29-13-14-5-7-28-8-6-14;1-8(2,3)7-4-5-9-6-7/h3,9-12,14-15,20,24H,1-2,4-8,13H2,(H,26,27);7,9H,4-6H2,1-3H3/t;7-/m.0/s1. The van der Waals surface area contributed by atoms with E-state index in [1.54, 1.807) is 12.1 Å². The second-order valence-electron chi connectivity index (χ2n) is 12.0. The van der Waals surface area contributed by atoms with E-state index in [-0.39, 0.29) is 12.2 Å². The zero-order chi connectivity index (χ0) is 27.1. The van der Waals surface area contributed by atoms with E-state index in [4.69, 9.17) is 14.6 Å². The molecule has 38 heavy (non-hydrogen) atoms. The molecule has 1 aliphatic carbocycles. The van der Waals surface area contributed by atoms with Gasteiger partial charge in [0.2, 0.25) is 0 Å². The summed E-state index contributed by atoms with van der Waals surface area (Å²) in [4.78, 5) is 24.2. The lowest BCUT2D eigenvalue weighted by atomic mass is 9.80. The summed E-state index contributed by atoms with van der Waals surface area (Å²) < 4.78 is 11.5.